The third-order valence-corrected chi connectivity index (χ3v) is 3.79. The number of nitrogens with zero attached hydrogens (tertiary/aromatic N) is 2. The molecule has 4 rings (SSSR count). The summed E-state index contributed by atoms with van der Waals surface area (Å²) in [5.74, 6) is 0. The minimum atomic E-state index is 0.0648. The van der Waals surface area contributed by atoms with Crippen molar-refractivity contribution < 1.29 is 9.15 Å². The molecule has 2 aromatic carbocycles. The van der Waals surface area contributed by atoms with Crippen molar-refractivity contribution in [1.82, 2.24) is 4.98 Å². The third-order valence-electron chi connectivity index (χ3n) is 3.79. The quantitative estimate of drug-likeness (QED) is 0.721. The highest BCUT2D eigenvalue weighted by atomic mass is 16.5. The fourth-order valence-electron chi connectivity index (χ4n) is 2.69. The summed E-state index contributed by atoms with van der Waals surface area (Å²) in [6, 6.07) is 18.8. The van der Waals surface area contributed by atoms with Crippen LogP contribution in [0.5, 0.6) is 0 Å². The van der Waals surface area contributed by atoms with Crippen LogP contribution in [-0.4, -0.2) is 24.7 Å². The highest BCUT2D eigenvalue weighted by Gasteiger charge is 2.25. The minimum Gasteiger partial charge on any atom is -0.423 e. The number of fused-ring (bicyclic) bond motifs is 1. The number of morpholine rings is 1. The van der Waals surface area contributed by atoms with Crippen LogP contribution in [0.25, 0.3) is 11.1 Å². The molecule has 1 aliphatic heterocycles. The number of rotatable bonds is 2. The first-order valence-electron chi connectivity index (χ1n) is 7.17. The fraction of sp³-hybridized carbons (Fsp3) is 0.235. The maximum Gasteiger partial charge on any atom is 0.298 e. The van der Waals surface area contributed by atoms with Crippen molar-refractivity contribution in [1.29, 1.82) is 0 Å². The molecule has 4 heteroatoms. The Labute approximate surface area is 123 Å². The summed E-state index contributed by atoms with van der Waals surface area (Å²) < 4.78 is 11.7. The molecule has 1 atom stereocenters. The molecular formula is C17H16N2O2. The van der Waals surface area contributed by atoms with Crippen LogP contribution in [0.1, 0.15) is 11.7 Å². The summed E-state index contributed by atoms with van der Waals surface area (Å²) in [6.07, 6.45) is 0.0648. The summed E-state index contributed by atoms with van der Waals surface area (Å²) in [4.78, 5) is 6.72. The Morgan fingerprint density at radius 1 is 1.00 bits per heavy atom. The lowest BCUT2D eigenvalue weighted by atomic mass is 10.1. The summed E-state index contributed by atoms with van der Waals surface area (Å²) in [6.45, 7) is 2.24. The van der Waals surface area contributed by atoms with Gasteiger partial charge in [-0.05, 0) is 17.7 Å². The molecule has 0 radical (unpaired) electrons. The molecule has 2 heterocycles. The van der Waals surface area contributed by atoms with Gasteiger partial charge in [0.1, 0.15) is 11.6 Å². The van der Waals surface area contributed by atoms with E-state index in [4.69, 9.17) is 9.15 Å². The molecule has 1 aromatic heterocycles. The van der Waals surface area contributed by atoms with Gasteiger partial charge in [-0.3, -0.25) is 0 Å². The molecule has 3 aromatic rings. The number of benzene rings is 2. The molecule has 4 nitrogen and oxygen atoms in total. The van der Waals surface area contributed by atoms with Gasteiger partial charge in [0.05, 0.1) is 13.2 Å². The average Bonchev–Trinajstić information content (AvgIpc) is 3.00. The molecule has 106 valence electrons. The molecule has 0 spiro atoms. The van der Waals surface area contributed by atoms with Gasteiger partial charge in [-0.25, -0.2) is 0 Å². The number of hydrogen-bond acceptors (Lipinski definition) is 4. The Morgan fingerprint density at radius 2 is 1.81 bits per heavy atom. The molecule has 0 N–H and O–H groups in total. The molecule has 1 aliphatic rings. The zero-order valence-corrected chi connectivity index (χ0v) is 11.6. The van der Waals surface area contributed by atoms with E-state index in [9.17, 15) is 0 Å². The first kappa shape index (κ1) is 12.4. The van der Waals surface area contributed by atoms with E-state index in [2.05, 4.69) is 22.0 Å². The standard InChI is InChI=1S/C17H16N2O2/c1-2-6-13(7-3-1)16-12-19(10-11-20-16)17-18-14-8-4-5-9-15(14)21-17/h1-9,16H,10-12H2/t16-/m1/s1. The number of oxazole rings is 1. The zero-order chi connectivity index (χ0) is 14.1. The monoisotopic (exact) mass is 280 g/mol. The van der Waals surface area contributed by atoms with E-state index in [0.717, 1.165) is 24.2 Å². The SMILES string of the molecule is c1ccc([C@H]2CN(c3nc4ccccc4o3)CCO2)cc1. The van der Waals surface area contributed by atoms with Gasteiger partial charge in [0, 0.05) is 6.54 Å². The van der Waals surface area contributed by atoms with Crippen molar-refractivity contribution in [3.63, 3.8) is 0 Å². The lowest BCUT2D eigenvalue weighted by molar-refractivity contribution is 0.0381. The molecule has 0 amide bonds. The van der Waals surface area contributed by atoms with Crippen LogP contribution in [0.3, 0.4) is 0 Å². The van der Waals surface area contributed by atoms with E-state index in [1.165, 1.54) is 5.56 Å². The van der Waals surface area contributed by atoms with E-state index in [1.807, 2.05) is 42.5 Å². The van der Waals surface area contributed by atoms with Crippen LogP contribution in [0.2, 0.25) is 0 Å². The van der Waals surface area contributed by atoms with Gasteiger partial charge in [-0.1, -0.05) is 42.5 Å². The second kappa shape index (κ2) is 5.22. The molecule has 21 heavy (non-hydrogen) atoms. The van der Waals surface area contributed by atoms with Crippen molar-refractivity contribution in [3.8, 4) is 0 Å². The van der Waals surface area contributed by atoms with Gasteiger partial charge in [0.2, 0.25) is 0 Å². The predicted octanol–water partition coefficient (Wildman–Crippen LogP) is 3.41. The van der Waals surface area contributed by atoms with Crippen LogP contribution in [0.15, 0.2) is 59.0 Å². The summed E-state index contributed by atoms with van der Waals surface area (Å²) in [7, 11) is 0. The second-order valence-electron chi connectivity index (χ2n) is 5.18. The highest BCUT2D eigenvalue weighted by Crippen LogP contribution is 2.27. The Bertz CT molecular complexity index is 706. The van der Waals surface area contributed by atoms with Crippen molar-refractivity contribution in [2.24, 2.45) is 0 Å². The van der Waals surface area contributed by atoms with E-state index < -0.39 is 0 Å². The van der Waals surface area contributed by atoms with E-state index in [-0.39, 0.29) is 6.10 Å². The van der Waals surface area contributed by atoms with Crippen LogP contribution >= 0.6 is 0 Å². The summed E-state index contributed by atoms with van der Waals surface area (Å²) in [5.41, 5.74) is 2.92. The molecule has 0 bridgehead atoms. The predicted molar refractivity (Wildman–Crippen MR) is 81.4 cm³/mol. The Hall–Kier alpha value is -2.33. The summed E-state index contributed by atoms with van der Waals surface area (Å²) >= 11 is 0. The summed E-state index contributed by atoms with van der Waals surface area (Å²) in [5, 5.41) is 0. The minimum absolute atomic E-state index is 0.0648. The van der Waals surface area contributed by atoms with Crippen LogP contribution in [-0.2, 0) is 4.74 Å². The molecule has 0 unspecified atom stereocenters. The van der Waals surface area contributed by atoms with Gasteiger partial charge >= 0.3 is 0 Å². The van der Waals surface area contributed by atoms with Crippen LogP contribution in [0, 0.1) is 0 Å². The zero-order valence-electron chi connectivity index (χ0n) is 11.6. The number of ether oxygens (including phenoxy) is 1. The number of para-hydroxylation sites is 2. The van der Waals surface area contributed by atoms with Crippen LogP contribution in [0.4, 0.5) is 6.01 Å². The Balaban J connectivity index is 1.60. The maximum absolute atomic E-state index is 5.88. The number of anilines is 1. The molecule has 0 aliphatic carbocycles. The second-order valence-corrected chi connectivity index (χ2v) is 5.18. The molecule has 1 fully saturated rings. The Kier molecular flexibility index (Phi) is 3.09. The van der Waals surface area contributed by atoms with Crippen molar-refractivity contribution >= 4 is 17.1 Å². The van der Waals surface area contributed by atoms with Crippen molar-refractivity contribution in [2.75, 3.05) is 24.6 Å². The lowest BCUT2D eigenvalue weighted by Gasteiger charge is -2.32. The van der Waals surface area contributed by atoms with Gasteiger partial charge in [0.25, 0.3) is 6.01 Å². The van der Waals surface area contributed by atoms with Gasteiger partial charge in [-0.2, -0.15) is 4.98 Å². The van der Waals surface area contributed by atoms with Gasteiger partial charge < -0.3 is 14.1 Å². The van der Waals surface area contributed by atoms with Crippen molar-refractivity contribution in [3.05, 3.63) is 60.2 Å². The third kappa shape index (κ3) is 2.38. The van der Waals surface area contributed by atoms with Gasteiger partial charge in [0.15, 0.2) is 5.58 Å². The van der Waals surface area contributed by atoms with Crippen molar-refractivity contribution in [2.45, 2.75) is 6.10 Å². The largest absolute Gasteiger partial charge is 0.423 e. The molecule has 0 saturated carbocycles. The fourth-order valence-corrected chi connectivity index (χ4v) is 2.69. The van der Waals surface area contributed by atoms with E-state index in [1.54, 1.807) is 0 Å². The normalized spacial score (nSPS) is 19.0. The van der Waals surface area contributed by atoms with E-state index in [0.29, 0.717) is 12.6 Å². The smallest absolute Gasteiger partial charge is 0.298 e. The Morgan fingerprint density at radius 3 is 2.67 bits per heavy atom. The molecule has 1 saturated heterocycles. The van der Waals surface area contributed by atoms with Crippen LogP contribution < -0.4 is 4.90 Å². The average molecular weight is 280 g/mol. The first-order chi connectivity index (χ1) is 10.4. The molecular weight excluding hydrogens is 264 g/mol. The lowest BCUT2D eigenvalue weighted by Crippen LogP contribution is -2.38. The maximum atomic E-state index is 5.88. The number of aromatic nitrogens is 1. The van der Waals surface area contributed by atoms with E-state index >= 15 is 0 Å². The topological polar surface area (TPSA) is 38.5 Å². The highest BCUT2D eigenvalue weighted by molar-refractivity contribution is 5.74. The first-order valence-corrected chi connectivity index (χ1v) is 7.17. The van der Waals surface area contributed by atoms with Gasteiger partial charge in [-0.15, -0.1) is 0 Å². The number of hydrogen-bond donors (Lipinski definition) is 0.